The van der Waals surface area contributed by atoms with Crippen LogP contribution in [-0.2, 0) is 17.8 Å². The van der Waals surface area contributed by atoms with Gasteiger partial charge in [-0.25, -0.2) is 4.39 Å². The predicted octanol–water partition coefficient (Wildman–Crippen LogP) is 2.56. The fraction of sp³-hybridized carbons (Fsp3) is 0.214. The Morgan fingerprint density at radius 3 is 2.78 bits per heavy atom. The zero-order valence-corrected chi connectivity index (χ0v) is 9.97. The molecular formula is C14H15FN2O. The third-order valence-electron chi connectivity index (χ3n) is 2.63. The van der Waals surface area contributed by atoms with E-state index in [1.165, 1.54) is 6.07 Å². The van der Waals surface area contributed by atoms with Crippen LogP contribution in [0, 0.1) is 5.82 Å². The maximum atomic E-state index is 13.4. The third kappa shape index (κ3) is 3.28. The summed E-state index contributed by atoms with van der Waals surface area (Å²) in [5.41, 5.74) is 7.48. The van der Waals surface area contributed by atoms with Crippen LogP contribution in [0.15, 0.2) is 42.6 Å². The van der Waals surface area contributed by atoms with Gasteiger partial charge in [-0.15, -0.1) is 0 Å². The van der Waals surface area contributed by atoms with E-state index >= 15 is 0 Å². The van der Waals surface area contributed by atoms with Crippen molar-refractivity contribution >= 4 is 5.69 Å². The Balaban J connectivity index is 1.82. The van der Waals surface area contributed by atoms with Gasteiger partial charge < -0.3 is 10.5 Å². The second-order valence-electron chi connectivity index (χ2n) is 3.93. The molecule has 2 aromatic rings. The highest BCUT2D eigenvalue weighted by Gasteiger charge is 2.05. The summed E-state index contributed by atoms with van der Waals surface area (Å²) in [5.74, 6) is -0.326. The quantitative estimate of drug-likeness (QED) is 0.651. The number of nitrogens with two attached hydrogens (primary N) is 1. The number of halogens is 1. The maximum Gasteiger partial charge on any atom is 0.130 e. The average Bonchev–Trinajstić information content (AvgIpc) is 2.38. The van der Waals surface area contributed by atoms with Crippen LogP contribution in [0.1, 0.15) is 11.3 Å². The molecule has 3 nitrogen and oxygen atoms in total. The largest absolute Gasteiger partial charge is 0.398 e. The highest BCUT2D eigenvalue weighted by atomic mass is 19.1. The van der Waals surface area contributed by atoms with Crippen molar-refractivity contribution in [2.45, 2.75) is 13.0 Å². The van der Waals surface area contributed by atoms with Gasteiger partial charge >= 0.3 is 0 Å². The molecule has 1 aromatic heterocycles. The molecule has 0 aliphatic heterocycles. The molecule has 94 valence electrons. The van der Waals surface area contributed by atoms with Gasteiger partial charge in [-0.3, -0.25) is 4.98 Å². The molecule has 1 heterocycles. The molecule has 0 radical (unpaired) electrons. The average molecular weight is 246 g/mol. The molecule has 2 rings (SSSR count). The minimum Gasteiger partial charge on any atom is -0.398 e. The molecular weight excluding hydrogens is 231 g/mol. The van der Waals surface area contributed by atoms with Crippen molar-refractivity contribution in [3.63, 3.8) is 0 Å². The molecule has 4 heteroatoms. The molecule has 0 fully saturated rings. The number of pyridine rings is 1. The summed E-state index contributed by atoms with van der Waals surface area (Å²) in [6, 6.07) is 10.4. The van der Waals surface area contributed by atoms with Crippen molar-refractivity contribution in [3.8, 4) is 0 Å². The smallest absolute Gasteiger partial charge is 0.130 e. The zero-order chi connectivity index (χ0) is 12.8. The first-order chi connectivity index (χ1) is 8.77. The molecule has 0 amide bonds. The lowest BCUT2D eigenvalue weighted by molar-refractivity contribution is 0.121. The van der Waals surface area contributed by atoms with Crippen molar-refractivity contribution in [1.29, 1.82) is 0 Å². The fourth-order valence-corrected chi connectivity index (χ4v) is 1.62. The van der Waals surface area contributed by atoms with Gasteiger partial charge in [0.1, 0.15) is 5.82 Å². The van der Waals surface area contributed by atoms with Gasteiger partial charge in [0.25, 0.3) is 0 Å². The van der Waals surface area contributed by atoms with Gasteiger partial charge in [-0.05, 0) is 24.3 Å². The topological polar surface area (TPSA) is 48.1 Å². The minimum absolute atomic E-state index is 0.186. The SMILES string of the molecule is Nc1cccc(F)c1COCCc1ccccn1. The third-order valence-corrected chi connectivity index (χ3v) is 2.63. The van der Waals surface area contributed by atoms with Crippen LogP contribution in [-0.4, -0.2) is 11.6 Å². The molecule has 18 heavy (non-hydrogen) atoms. The van der Waals surface area contributed by atoms with Crippen LogP contribution in [0.4, 0.5) is 10.1 Å². The van der Waals surface area contributed by atoms with Crippen LogP contribution < -0.4 is 5.73 Å². The molecule has 1 aromatic carbocycles. The van der Waals surface area contributed by atoms with Crippen molar-refractivity contribution in [2.75, 3.05) is 12.3 Å². The number of nitrogens with zero attached hydrogens (tertiary/aromatic N) is 1. The van der Waals surface area contributed by atoms with E-state index in [2.05, 4.69) is 4.98 Å². The summed E-state index contributed by atoms with van der Waals surface area (Å²) in [6.07, 6.45) is 2.44. The van der Waals surface area contributed by atoms with Crippen LogP contribution in [0.25, 0.3) is 0 Å². The monoisotopic (exact) mass is 246 g/mol. The van der Waals surface area contributed by atoms with Crippen LogP contribution in [0.2, 0.25) is 0 Å². The molecule has 2 N–H and O–H groups in total. The molecule has 0 aliphatic carbocycles. The van der Waals surface area contributed by atoms with Crippen molar-refractivity contribution in [3.05, 3.63) is 59.7 Å². The highest BCUT2D eigenvalue weighted by molar-refractivity contribution is 5.46. The van der Waals surface area contributed by atoms with Gasteiger partial charge in [0.15, 0.2) is 0 Å². The van der Waals surface area contributed by atoms with E-state index in [1.807, 2.05) is 18.2 Å². The van der Waals surface area contributed by atoms with E-state index in [0.717, 1.165) is 5.69 Å². The Kier molecular flexibility index (Phi) is 4.25. The lowest BCUT2D eigenvalue weighted by Crippen LogP contribution is -2.04. The summed E-state index contributed by atoms with van der Waals surface area (Å²) in [6.45, 7) is 0.677. The number of nitrogen functional groups attached to an aromatic ring is 1. The summed E-state index contributed by atoms with van der Waals surface area (Å²) in [7, 11) is 0. The molecule has 0 aliphatic rings. The lowest BCUT2D eigenvalue weighted by Gasteiger charge is -2.07. The Bertz CT molecular complexity index is 482. The molecule has 0 atom stereocenters. The Labute approximate surface area is 105 Å². The highest BCUT2D eigenvalue weighted by Crippen LogP contribution is 2.16. The van der Waals surface area contributed by atoms with Crippen LogP contribution in [0.5, 0.6) is 0 Å². The van der Waals surface area contributed by atoms with E-state index in [0.29, 0.717) is 24.3 Å². The van der Waals surface area contributed by atoms with Crippen molar-refractivity contribution < 1.29 is 9.13 Å². The van der Waals surface area contributed by atoms with E-state index in [-0.39, 0.29) is 12.4 Å². The van der Waals surface area contributed by atoms with Gasteiger partial charge in [0, 0.05) is 29.6 Å². The summed E-state index contributed by atoms with van der Waals surface area (Å²) >= 11 is 0. The summed E-state index contributed by atoms with van der Waals surface area (Å²) < 4.78 is 18.9. The minimum atomic E-state index is -0.326. The molecule has 0 spiro atoms. The predicted molar refractivity (Wildman–Crippen MR) is 68.4 cm³/mol. The van der Waals surface area contributed by atoms with E-state index in [1.54, 1.807) is 18.3 Å². The van der Waals surface area contributed by atoms with Crippen LogP contribution >= 0.6 is 0 Å². The number of hydrogen-bond acceptors (Lipinski definition) is 3. The Morgan fingerprint density at radius 1 is 1.17 bits per heavy atom. The number of benzene rings is 1. The van der Waals surface area contributed by atoms with E-state index in [4.69, 9.17) is 10.5 Å². The molecule has 0 bridgehead atoms. The Hall–Kier alpha value is -1.94. The normalized spacial score (nSPS) is 10.5. The first-order valence-corrected chi connectivity index (χ1v) is 5.78. The first kappa shape index (κ1) is 12.5. The summed E-state index contributed by atoms with van der Waals surface area (Å²) in [4.78, 5) is 4.18. The molecule has 0 saturated heterocycles. The van der Waals surface area contributed by atoms with Crippen molar-refractivity contribution in [2.24, 2.45) is 0 Å². The van der Waals surface area contributed by atoms with E-state index < -0.39 is 0 Å². The van der Waals surface area contributed by atoms with Crippen molar-refractivity contribution in [1.82, 2.24) is 4.98 Å². The van der Waals surface area contributed by atoms with Gasteiger partial charge in [0.2, 0.25) is 0 Å². The van der Waals surface area contributed by atoms with E-state index in [9.17, 15) is 4.39 Å². The number of anilines is 1. The van der Waals surface area contributed by atoms with Gasteiger partial charge in [-0.1, -0.05) is 12.1 Å². The number of aromatic nitrogens is 1. The number of hydrogen-bond donors (Lipinski definition) is 1. The number of rotatable bonds is 5. The van der Waals surface area contributed by atoms with Gasteiger partial charge in [0.05, 0.1) is 13.2 Å². The molecule has 0 unspecified atom stereocenters. The fourth-order valence-electron chi connectivity index (χ4n) is 1.62. The zero-order valence-electron chi connectivity index (χ0n) is 9.97. The second-order valence-corrected chi connectivity index (χ2v) is 3.93. The first-order valence-electron chi connectivity index (χ1n) is 5.78. The molecule has 0 saturated carbocycles. The maximum absolute atomic E-state index is 13.4. The summed E-state index contributed by atoms with van der Waals surface area (Å²) in [5, 5.41) is 0. The number of ether oxygens (including phenoxy) is 1. The van der Waals surface area contributed by atoms with Crippen LogP contribution in [0.3, 0.4) is 0 Å². The standard InChI is InChI=1S/C14H15FN2O/c15-13-5-3-6-14(16)12(13)10-18-9-7-11-4-1-2-8-17-11/h1-6,8H,7,9-10,16H2. The second kappa shape index (κ2) is 6.12. The Morgan fingerprint density at radius 2 is 2.06 bits per heavy atom. The lowest BCUT2D eigenvalue weighted by atomic mass is 10.2. The van der Waals surface area contributed by atoms with Gasteiger partial charge in [-0.2, -0.15) is 0 Å².